The maximum Gasteiger partial charge on any atom is 0.276 e. The topological polar surface area (TPSA) is 61.0 Å². The number of benzene rings is 2. The van der Waals surface area contributed by atoms with E-state index in [0.717, 1.165) is 29.6 Å². The summed E-state index contributed by atoms with van der Waals surface area (Å²) in [5, 5.41) is 10.8. The summed E-state index contributed by atoms with van der Waals surface area (Å²) < 4.78 is 0. The summed E-state index contributed by atoms with van der Waals surface area (Å²) >= 11 is 2.04. The molecule has 0 bridgehead atoms. The number of para-hydroxylation sites is 1. The monoisotopic (exact) mass is 366 g/mol. The number of nitrogens with zero attached hydrogens (tertiary/aromatic N) is 2. The number of aromatic nitrogens is 2. The Morgan fingerprint density at radius 3 is 2.69 bits per heavy atom. The van der Waals surface area contributed by atoms with Crippen LogP contribution in [0.5, 0.6) is 0 Å². The van der Waals surface area contributed by atoms with Gasteiger partial charge in [-0.05, 0) is 30.2 Å². The van der Waals surface area contributed by atoms with E-state index in [9.17, 15) is 4.79 Å². The van der Waals surface area contributed by atoms with Gasteiger partial charge in [-0.15, -0.1) is 0 Å². The van der Waals surface area contributed by atoms with Gasteiger partial charge in [0, 0.05) is 42.2 Å². The lowest BCUT2D eigenvalue weighted by atomic mass is 10.1. The molecular weight excluding hydrogens is 344 g/mol. The Morgan fingerprint density at radius 1 is 1.12 bits per heavy atom. The Hall–Kier alpha value is -2.31. The number of amides is 1. The molecule has 3 aromatic rings. The molecule has 1 aliphatic heterocycles. The van der Waals surface area contributed by atoms with Crippen molar-refractivity contribution in [1.82, 2.24) is 15.1 Å². The first kappa shape index (κ1) is 17.1. The van der Waals surface area contributed by atoms with E-state index >= 15 is 0 Å². The zero-order chi connectivity index (χ0) is 17.8. The minimum atomic E-state index is -0.194. The van der Waals surface area contributed by atoms with Crippen LogP contribution in [-0.4, -0.2) is 52.1 Å². The van der Waals surface area contributed by atoms with Crippen molar-refractivity contribution in [3.63, 3.8) is 0 Å². The first-order valence-corrected chi connectivity index (χ1v) is 10.1. The number of carbonyl (C=O) groups excluding carboxylic acids is 1. The number of carbonyl (C=O) groups is 1. The van der Waals surface area contributed by atoms with Gasteiger partial charge in [-0.25, -0.2) is 0 Å². The minimum absolute atomic E-state index is 0.194. The summed E-state index contributed by atoms with van der Waals surface area (Å²) in [6.45, 7) is 3.48. The van der Waals surface area contributed by atoms with Crippen LogP contribution in [0, 0.1) is 0 Å². The van der Waals surface area contributed by atoms with Gasteiger partial charge in [0.2, 0.25) is 0 Å². The van der Waals surface area contributed by atoms with Crippen molar-refractivity contribution in [1.29, 1.82) is 0 Å². The Balaban J connectivity index is 1.37. The second-order valence-electron chi connectivity index (χ2n) is 6.47. The highest BCUT2D eigenvalue weighted by Crippen LogP contribution is 2.18. The third kappa shape index (κ3) is 3.92. The Kier molecular flexibility index (Phi) is 5.22. The Morgan fingerprint density at radius 2 is 1.88 bits per heavy atom. The van der Waals surface area contributed by atoms with Crippen molar-refractivity contribution in [2.75, 3.05) is 36.5 Å². The summed E-state index contributed by atoms with van der Waals surface area (Å²) in [4.78, 5) is 15.0. The Labute approximate surface area is 157 Å². The van der Waals surface area contributed by atoms with Crippen LogP contribution in [-0.2, 0) is 6.42 Å². The molecule has 1 aromatic heterocycles. The molecule has 0 saturated carbocycles. The van der Waals surface area contributed by atoms with Crippen LogP contribution in [0.2, 0.25) is 0 Å². The number of aromatic amines is 1. The van der Waals surface area contributed by atoms with Crippen LogP contribution in [0.25, 0.3) is 10.9 Å². The second-order valence-corrected chi connectivity index (χ2v) is 7.70. The van der Waals surface area contributed by atoms with E-state index in [1.165, 1.54) is 30.2 Å². The van der Waals surface area contributed by atoms with Crippen molar-refractivity contribution < 1.29 is 4.79 Å². The molecule has 134 valence electrons. The molecule has 1 fully saturated rings. The third-order valence-electron chi connectivity index (χ3n) is 4.72. The van der Waals surface area contributed by atoms with Crippen molar-refractivity contribution in [2.45, 2.75) is 6.42 Å². The van der Waals surface area contributed by atoms with E-state index in [1.807, 2.05) is 48.2 Å². The third-order valence-corrected chi connectivity index (χ3v) is 5.66. The summed E-state index contributed by atoms with van der Waals surface area (Å²) in [6.07, 6.45) is 1.04. The fourth-order valence-corrected chi connectivity index (χ4v) is 4.17. The highest BCUT2D eigenvalue weighted by molar-refractivity contribution is 7.99. The molecule has 2 aromatic carbocycles. The molecular formula is C20H22N4OS. The zero-order valence-corrected chi connectivity index (χ0v) is 15.4. The molecule has 2 N–H and O–H groups in total. The molecule has 0 radical (unpaired) electrons. The van der Waals surface area contributed by atoms with Gasteiger partial charge in [0.15, 0.2) is 5.69 Å². The fourth-order valence-electron chi connectivity index (χ4n) is 3.19. The van der Waals surface area contributed by atoms with E-state index in [1.54, 1.807) is 0 Å². The molecule has 4 rings (SSSR count). The molecule has 2 heterocycles. The minimum Gasteiger partial charge on any atom is -0.321 e. The smallest absolute Gasteiger partial charge is 0.276 e. The fraction of sp³-hybridized carbons (Fsp3) is 0.300. The van der Waals surface area contributed by atoms with E-state index in [0.29, 0.717) is 5.69 Å². The normalized spacial score (nSPS) is 15.2. The lowest BCUT2D eigenvalue weighted by Crippen LogP contribution is -2.34. The maximum atomic E-state index is 12.5. The van der Waals surface area contributed by atoms with Gasteiger partial charge in [-0.1, -0.05) is 30.3 Å². The largest absolute Gasteiger partial charge is 0.321 e. The van der Waals surface area contributed by atoms with Gasteiger partial charge in [0.1, 0.15) is 0 Å². The van der Waals surface area contributed by atoms with Crippen molar-refractivity contribution >= 4 is 34.3 Å². The van der Waals surface area contributed by atoms with E-state index in [4.69, 9.17) is 0 Å². The lowest BCUT2D eigenvalue weighted by Gasteiger charge is -2.26. The van der Waals surface area contributed by atoms with E-state index in [-0.39, 0.29) is 5.91 Å². The number of H-pyrrole nitrogens is 1. The molecule has 5 nitrogen and oxygen atoms in total. The van der Waals surface area contributed by atoms with Crippen molar-refractivity contribution in [3.05, 3.63) is 59.8 Å². The first-order valence-electron chi connectivity index (χ1n) is 8.93. The number of anilines is 1. The average Bonchev–Trinajstić information content (AvgIpc) is 3.12. The van der Waals surface area contributed by atoms with E-state index in [2.05, 4.69) is 32.5 Å². The summed E-state index contributed by atoms with van der Waals surface area (Å²) in [7, 11) is 0. The highest BCUT2D eigenvalue weighted by Gasteiger charge is 2.14. The maximum absolute atomic E-state index is 12.5. The van der Waals surface area contributed by atoms with Gasteiger partial charge in [-0.3, -0.25) is 9.89 Å². The Bertz CT molecular complexity index is 884. The van der Waals surface area contributed by atoms with Crippen molar-refractivity contribution in [3.8, 4) is 0 Å². The molecule has 0 atom stereocenters. The molecule has 6 heteroatoms. The van der Waals surface area contributed by atoms with Gasteiger partial charge in [-0.2, -0.15) is 16.9 Å². The lowest BCUT2D eigenvalue weighted by molar-refractivity contribution is 0.102. The molecule has 1 amide bonds. The van der Waals surface area contributed by atoms with Crippen molar-refractivity contribution in [2.24, 2.45) is 0 Å². The highest BCUT2D eigenvalue weighted by atomic mass is 32.2. The van der Waals surface area contributed by atoms with E-state index < -0.39 is 0 Å². The SMILES string of the molecule is O=C(Nc1ccc(CCN2CCSCC2)cc1)c1n[nH]c2ccccc12. The summed E-state index contributed by atoms with van der Waals surface area (Å²) in [5.41, 5.74) is 3.38. The molecule has 1 aliphatic rings. The van der Waals surface area contributed by atoms with Crippen LogP contribution < -0.4 is 5.32 Å². The summed E-state index contributed by atoms with van der Waals surface area (Å²) in [6, 6.07) is 15.8. The van der Waals surface area contributed by atoms with Crippen LogP contribution in [0.1, 0.15) is 16.1 Å². The number of rotatable bonds is 5. The van der Waals surface area contributed by atoms with Gasteiger partial charge >= 0.3 is 0 Å². The second kappa shape index (κ2) is 7.93. The predicted molar refractivity (Wildman–Crippen MR) is 108 cm³/mol. The van der Waals surface area contributed by atoms with Gasteiger partial charge in [0.25, 0.3) is 5.91 Å². The van der Waals surface area contributed by atoms with Crippen LogP contribution in [0.3, 0.4) is 0 Å². The van der Waals surface area contributed by atoms with Gasteiger partial charge in [0.05, 0.1) is 5.52 Å². The number of nitrogens with one attached hydrogen (secondary N) is 2. The molecule has 1 saturated heterocycles. The molecule has 0 unspecified atom stereocenters. The zero-order valence-electron chi connectivity index (χ0n) is 14.6. The number of thioether (sulfide) groups is 1. The summed E-state index contributed by atoms with van der Waals surface area (Å²) in [5.74, 6) is 2.29. The van der Waals surface area contributed by atoms with Crippen LogP contribution in [0.4, 0.5) is 5.69 Å². The molecule has 26 heavy (non-hydrogen) atoms. The van der Waals surface area contributed by atoms with Crippen LogP contribution in [0.15, 0.2) is 48.5 Å². The van der Waals surface area contributed by atoms with Crippen LogP contribution >= 0.6 is 11.8 Å². The molecule has 0 aliphatic carbocycles. The number of hydrogen-bond acceptors (Lipinski definition) is 4. The molecule has 0 spiro atoms. The average molecular weight is 366 g/mol. The predicted octanol–water partition coefficient (Wildman–Crippen LogP) is 3.41. The first-order chi connectivity index (χ1) is 12.8. The quantitative estimate of drug-likeness (QED) is 0.726. The standard InChI is InChI=1S/C20H22N4OS/c25-20(19-17-3-1-2-4-18(17)22-23-19)21-16-7-5-15(6-8-16)9-10-24-11-13-26-14-12-24/h1-8H,9-14H2,(H,21,25)(H,22,23). The number of fused-ring (bicyclic) bond motifs is 1. The van der Waals surface area contributed by atoms with Gasteiger partial charge < -0.3 is 10.2 Å². The number of hydrogen-bond donors (Lipinski definition) is 2.